The van der Waals surface area contributed by atoms with Crippen molar-refractivity contribution in [2.75, 3.05) is 13.1 Å². The van der Waals surface area contributed by atoms with Crippen LogP contribution in [0.4, 0.5) is 0 Å². The summed E-state index contributed by atoms with van der Waals surface area (Å²) in [6.07, 6.45) is 7.93. The van der Waals surface area contributed by atoms with Crippen molar-refractivity contribution < 1.29 is 18.9 Å². The van der Waals surface area contributed by atoms with Crippen molar-refractivity contribution in [2.45, 2.75) is 87.7 Å². The summed E-state index contributed by atoms with van der Waals surface area (Å²) in [5, 5.41) is 13.0. The van der Waals surface area contributed by atoms with Crippen LogP contribution in [0.15, 0.2) is 45.7 Å². The number of primary amides is 2. The van der Waals surface area contributed by atoms with Crippen LogP contribution in [0.2, 0.25) is 0 Å². The molecule has 3 aromatic rings. The average Bonchev–Trinajstić information content (AvgIpc) is 3.61. The van der Waals surface area contributed by atoms with Gasteiger partial charge in [0.25, 0.3) is 0 Å². The van der Waals surface area contributed by atoms with Gasteiger partial charge in [-0.1, -0.05) is 31.4 Å². The predicted octanol–water partition coefficient (Wildman–Crippen LogP) is 2.46. The number of aromatic nitrogens is 2. The van der Waals surface area contributed by atoms with Crippen LogP contribution < -0.4 is 22.5 Å². The smallest absolute Gasteiger partial charge is 0.366 e. The largest absolute Gasteiger partial charge is 0.459 e. The number of carbonyl (C=O) groups is 3. The van der Waals surface area contributed by atoms with E-state index in [0.29, 0.717) is 48.7 Å². The number of fused-ring (bicyclic) bond motifs is 3. The number of nitrogens with zero attached hydrogens (tertiary/aromatic N) is 4. The Bertz CT molecular complexity index is 1780. The Morgan fingerprint density at radius 3 is 2.21 bits per heavy atom. The zero-order valence-electron chi connectivity index (χ0n) is 26.2. The number of nitriles is 1. The van der Waals surface area contributed by atoms with Crippen LogP contribution in [0.5, 0.6) is 0 Å². The molecule has 0 radical (unpaired) electrons. The minimum absolute atomic E-state index is 0.0603. The Morgan fingerprint density at radius 1 is 0.979 bits per heavy atom. The fourth-order valence-corrected chi connectivity index (χ4v) is 8.40. The summed E-state index contributed by atoms with van der Waals surface area (Å²) in [6.45, 7) is 0.414. The number of carbonyl (C=O) groups excluding carboxylic acids is 3. The number of hydrogen-bond donors (Lipinski definition) is 3. The molecule has 4 aliphatic rings. The van der Waals surface area contributed by atoms with Gasteiger partial charge in [-0.25, -0.2) is 4.79 Å². The molecule has 2 heterocycles. The SMILES string of the molecule is N#CC1C[C@@H]2C[C@@H]2N1C(=O)CNCCC1(c2nc(=O)on2C2CCCCC2)c2ccc(C(N)=O)cc2CCc2cc(C(N)=O)ccc21. The first-order valence-corrected chi connectivity index (χ1v) is 16.6. The van der Waals surface area contributed by atoms with E-state index in [1.165, 1.54) is 0 Å². The molecular formula is C35H39N7O5. The summed E-state index contributed by atoms with van der Waals surface area (Å²) in [4.78, 5) is 57.3. The molecular weight excluding hydrogens is 598 g/mol. The molecule has 12 heteroatoms. The van der Waals surface area contributed by atoms with E-state index in [1.54, 1.807) is 33.9 Å². The van der Waals surface area contributed by atoms with Gasteiger partial charge in [-0.05, 0) is 104 Å². The molecule has 3 aliphatic carbocycles. The van der Waals surface area contributed by atoms with Crippen LogP contribution >= 0.6 is 0 Å². The maximum atomic E-state index is 13.3. The monoisotopic (exact) mass is 637 g/mol. The number of nitrogens with two attached hydrogens (primary N) is 2. The van der Waals surface area contributed by atoms with Crippen LogP contribution in [-0.4, -0.2) is 57.5 Å². The van der Waals surface area contributed by atoms with E-state index in [1.807, 2.05) is 12.1 Å². The summed E-state index contributed by atoms with van der Waals surface area (Å²) in [5.74, 6) is -1.02. The molecule has 1 aromatic heterocycles. The fraction of sp³-hybridized carbons (Fsp3) is 0.486. The molecule has 5 N–H and O–H groups in total. The van der Waals surface area contributed by atoms with Gasteiger partial charge in [-0.2, -0.15) is 15.0 Å². The van der Waals surface area contributed by atoms with E-state index < -0.39 is 23.0 Å². The van der Waals surface area contributed by atoms with Crippen LogP contribution in [0.3, 0.4) is 0 Å². The van der Waals surface area contributed by atoms with Gasteiger partial charge in [-0.15, -0.1) is 0 Å². The third-order valence-corrected chi connectivity index (χ3v) is 10.7. The molecule has 2 aromatic carbocycles. The van der Waals surface area contributed by atoms with Gasteiger partial charge in [-0.3, -0.25) is 14.4 Å². The second-order valence-corrected chi connectivity index (χ2v) is 13.5. The second kappa shape index (κ2) is 12.1. The standard InChI is InChI=1S/C35H39N7O5/c36-18-26-16-24-17-29(24)41(26)30(43)19-39-13-12-35(33-40-34(46)47-42(33)25-4-2-1-3-5-25)27-10-8-22(31(37)44)14-20(27)6-7-21-15-23(32(38)45)9-11-28(21)35/h8-11,14-15,24-26,29,39H,1-7,12-13,16-17,19H2,(H2,37,44)(H2,38,45)/t24-,26?,29+/m1/s1. The highest BCUT2D eigenvalue weighted by Crippen LogP contribution is 2.49. The van der Waals surface area contributed by atoms with E-state index >= 15 is 0 Å². The van der Waals surface area contributed by atoms with E-state index in [9.17, 15) is 24.4 Å². The normalized spacial score (nSPS) is 22.8. The summed E-state index contributed by atoms with van der Waals surface area (Å²) in [7, 11) is 0. The first-order chi connectivity index (χ1) is 22.7. The van der Waals surface area contributed by atoms with E-state index in [2.05, 4.69) is 16.4 Å². The summed E-state index contributed by atoms with van der Waals surface area (Å²) < 4.78 is 7.57. The van der Waals surface area contributed by atoms with Crippen molar-refractivity contribution in [3.63, 3.8) is 0 Å². The van der Waals surface area contributed by atoms with Gasteiger partial charge < -0.3 is 26.2 Å². The van der Waals surface area contributed by atoms with Gasteiger partial charge in [0, 0.05) is 17.2 Å². The third-order valence-electron chi connectivity index (χ3n) is 10.7. The van der Waals surface area contributed by atoms with Gasteiger partial charge in [0.2, 0.25) is 17.7 Å². The molecule has 12 nitrogen and oxygen atoms in total. The Labute approximate surface area is 272 Å². The summed E-state index contributed by atoms with van der Waals surface area (Å²) in [5.41, 5.74) is 14.5. The number of nitrogens with one attached hydrogen (secondary N) is 1. The molecule has 1 saturated heterocycles. The predicted molar refractivity (Wildman–Crippen MR) is 170 cm³/mol. The quantitative estimate of drug-likeness (QED) is 0.298. The first-order valence-electron chi connectivity index (χ1n) is 16.6. The van der Waals surface area contributed by atoms with E-state index in [0.717, 1.165) is 67.2 Å². The highest BCUT2D eigenvalue weighted by Gasteiger charge is 2.54. The lowest BCUT2D eigenvalue weighted by atomic mass is 9.68. The zero-order valence-corrected chi connectivity index (χ0v) is 26.2. The minimum atomic E-state index is -1.06. The Hall–Kier alpha value is -4.76. The van der Waals surface area contributed by atoms with E-state index in [4.69, 9.17) is 16.0 Å². The van der Waals surface area contributed by atoms with Crippen molar-refractivity contribution in [1.82, 2.24) is 19.9 Å². The molecule has 244 valence electrons. The molecule has 0 spiro atoms. The highest BCUT2D eigenvalue weighted by molar-refractivity contribution is 5.94. The first kappa shape index (κ1) is 30.9. The van der Waals surface area contributed by atoms with Crippen LogP contribution in [-0.2, 0) is 23.1 Å². The van der Waals surface area contributed by atoms with Gasteiger partial charge in [0.05, 0.1) is 24.1 Å². The van der Waals surface area contributed by atoms with Gasteiger partial charge in [0.1, 0.15) is 6.04 Å². The molecule has 47 heavy (non-hydrogen) atoms. The molecule has 3 amide bonds. The zero-order chi connectivity index (χ0) is 32.9. The molecule has 2 saturated carbocycles. The van der Waals surface area contributed by atoms with Crippen LogP contribution in [0, 0.1) is 17.2 Å². The number of hydrogen-bond acceptors (Lipinski definition) is 8. The van der Waals surface area contributed by atoms with Gasteiger partial charge >= 0.3 is 5.76 Å². The molecule has 0 bridgehead atoms. The lowest BCUT2D eigenvalue weighted by Gasteiger charge is -2.37. The lowest BCUT2D eigenvalue weighted by molar-refractivity contribution is -0.131. The van der Waals surface area contributed by atoms with Crippen molar-refractivity contribution in [3.8, 4) is 6.07 Å². The highest BCUT2D eigenvalue weighted by atomic mass is 16.5. The number of benzene rings is 2. The average molecular weight is 638 g/mol. The van der Waals surface area contributed by atoms with E-state index in [-0.39, 0.29) is 30.6 Å². The maximum absolute atomic E-state index is 13.3. The topological polar surface area (TPSA) is 190 Å². The number of piperidine rings is 1. The van der Waals surface area contributed by atoms with Crippen molar-refractivity contribution >= 4 is 17.7 Å². The molecule has 3 atom stereocenters. The Balaban J connectivity index is 1.35. The van der Waals surface area contributed by atoms with Crippen molar-refractivity contribution in [2.24, 2.45) is 17.4 Å². The second-order valence-electron chi connectivity index (χ2n) is 13.5. The Morgan fingerprint density at radius 2 is 1.62 bits per heavy atom. The molecule has 1 unspecified atom stereocenters. The fourth-order valence-electron chi connectivity index (χ4n) is 8.40. The summed E-state index contributed by atoms with van der Waals surface area (Å²) in [6, 6.07) is 12.7. The Kier molecular flexibility index (Phi) is 7.96. The maximum Gasteiger partial charge on any atom is 0.459 e. The van der Waals surface area contributed by atoms with Crippen molar-refractivity contribution in [1.29, 1.82) is 5.26 Å². The number of amides is 3. The number of rotatable bonds is 9. The number of aryl methyl sites for hydroxylation is 2. The van der Waals surface area contributed by atoms with Crippen LogP contribution in [0.25, 0.3) is 0 Å². The third kappa shape index (κ3) is 5.42. The van der Waals surface area contributed by atoms with Crippen molar-refractivity contribution in [3.05, 3.63) is 86.2 Å². The van der Waals surface area contributed by atoms with Gasteiger partial charge in [0.15, 0.2) is 5.82 Å². The minimum Gasteiger partial charge on any atom is -0.366 e. The summed E-state index contributed by atoms with van der Waals surface area (Å²) >= 11 is 0. The molecule has 1 aliphatic heterocycles. The van der Waals surface area contributed by atoms with Crippen LogP contribution in [0.1, 0.15) is 106 Å². The number of likely N-dealkylation sites (tertiary alicyclic amines) is 1. The lowest BCUT2D eigenvalue weighted by Crippen LogP contribution is -2.44. The molecule has 3 fully saturated rings. The molecule has 7 rings (SSSR count).